The molecule has 0 atom stereocenters. The third-order valence-corrected chi connectivity index (χ3v) is 5.12. The molecule has 0 saturated carbocycles. The maximum atomic E-state index is 5.34. The first-order valence-corrected chi connectivity index (χ1v) is 10.6. The highest BCUT2D eigenvalue weighted by molar-refractivity contribution is 5.60. The topological polar surface area (TPSA) is 89.3 Å². The van der Waals surface area contributed by atoms with Crippen LogP contribution in [0.4, 0.5) is 11.9 Å². The number of fused-ring (bicyclic) bond motifs is 1. The molecule has 0 radical (unpaired) electrons. The summed E-state index contributed by atoms with van der Waals surface area (Å²) < 4.78 is 6.97. The molecule has 2 aromatic heterocycles. The van der Waals surface area contributed by atoms with E-state index in [0.29, 0.717) is 36.6 Å². The fraction of sp³-hybridized carbons (Fsp3) is 0.120. The van der Waals surface area contributed by atoms with E-state index < -0.39 is 0 Å². The molecule has 8 nitrogen and oxygen atoms in total. The SMILES string of the molecule is COc1cccc(-c2nc3nc(NCc4ccccc4)nc(NCc4ccccc4)n3n2)c1. The summed E-state index contributed by atoms with van der Waals surface area (Å²) in [6.45, 7) is 1.20. The Morgan fingerprint density at radius 2 is 1.45 bits per heavy atom. The highest BCUT2D eigenvalue weighted by atomic mass is 16.5. The van der Waals surface area contributed by atoms with Gasteiger partial charge < -0.3 is 15.4 Å². The molecule has 0 aliphatic carbocycles. The first-order valence-electron chi connectivity index (χ1n) is 10.6. The number of nitrogens with zero attached hydrogens (tertiary/aromatic N) is 5. The van der Waals surface area contributed by atoms with E-state index in [0.717, 1.165) is 22.4 Å². The summed E-state index contributed by atoms with van der Waals surface area (Å²) in [7, 11) is 1.64. The Hall–Kier alpha value is -4.46. The van der Waals surface area contributed by atoms with Gasteiger partial charge in [-0.15, -0.1) is 5.10 Å². The number of aromatic nitrogens is 5. The minimum atomic E-state index is 0.453. The molecule has 2 N–H and O–H groups in total. The molecule has 33 heavy (non-hydrogen) atoms. The molecule has 5 rings (SSSR count). The van der Waals surface area contributed by atoms with E-state index in [-0.39, 0.29) is 0 Å². The zero-order chi connectivity index (χ0) is 22.5. The van der Waals surface area contributed by atoms with Crippen molar-refractivity contribution in [3.63, 3.8) is 0 Å². The summed E-state index contributed by atoms with van der Waals surface area (Å²) in [4.78, 5) is 13.9. The van der Waals surface area contributed by atoms with Gasteiger partial charge in [0.15, 0.2) is 5.82 Å². The maximum absolute atomic E-state index is 5.34. The van der Waals surface area contributed by atoms with Gasteiger partial charge in [-0.25, -0.2) is 0 Å². The standard InChI is InChI=1S/C25H23N7O/c1-33-21-14-8-13-20(15-21)22-28-25-30-23(26-16-18-9-4-2-5-10-18)29-24(32(25)31-22)27-17-19-11-6-3-7-12-19/h2-15H,16-17H2,1H3,(H2,26,27,28,29,30,31). The smallest absolute Gasteiger partial charge is 0.259 e. The number of benzene rings is 3. The average Bonchev–Trinajstić information content (AvgIpc) is 3.32. The highest BCUT2D eigenvalue weighted by Crippen LogP contribution is 2.23. The van der Waals surface area contributed by atoms with Crippen molar-refractivity contribution in [1.82, 2.24) is 24.6 Å². The molecule has 0 aliphatic heterocycles. The van der Waals surface area contributed by atoms with Crippen molar-refractivity contribution in [3.8, 4) is 17.1 Å². The van der Waals surface area contributed by atoms with Crippen LogP contribution >= 0.6 is 0 Å². The minimum Gasteiger partial charge on any atom is -0.497 e. The lowest BCUT2D eigenvalue weighted by Crippen LogP contribution is -2.12. The molecule has 0 amide bonds. The third kappa shape index (κ3) is 4.74. The van der Waals surface area contributed by atoms with Crippen molar-refractivity contribution >= 4 is 17.7 Å². The minimum absolute atomic E-state index is 0.453. The van der Waals surface area contributed by atoms with Gasteiger partial charge in [-0.3, -0.25) is 0 Å². The lowest BCUT2D eigenvalue weighted by Gasteiger charge is -2.10. The first kappa shape index (κ1) is 20.4. The van der Waals surface area contributed by atoms with Gasteiger partial charge in [-0.05, 0) is 23.3 Å². The summed E-state index contributed by atoms with van der Waals surface area (Å²) in [6, 6.07) is 27.9. The second-order valence-corrected chi connectivity index (χ2v) is 7.43. The van der Waals surface area contributed by atoms with Gasteiger partial charge in [0.1, 0.15) is 5.75 Å². The van der Waals surface area contributed by atoms with Crippen LogP contribution in [0.1, 0.15) is 11.1 Å². The number of rotatable bonds is 8. The second-order valence-electron chi connectivity index (χ2n) is 7.43. The zero-order valence-electron chi connectivity index (χ0n) is 18.1. The number of nitrogens with one attached hydrogen (secondary N) is 2. The summed E-state index contributed by atoms with van der Waals surface area (Å²) in [5, 5.41) is 11.3. The van der Waals surface area contributed by atoms with Crippen LogP contribution < -0.4 is 15.4 Å². The van der Waals surface area contributed by atoms with Crippen molar-refractivity contribution in [3.05, 3.63) is 96.1 Å². The largest absolute Gasteiger partial charge is 0.497 e. The summed E-state index contributed by atoms with van der Waals surface area (Å²) in [5.74, 6) is 2.78. The lowest BCUT2D eigenvalue weighted by atomic mass is 10.2. The molecule has 0 saturated heterocycles. The van der Waals surface area contributed by atoms with Crippen LogP contribution in [-0.2, 0) is 13.1 Å². The Labute approximate surface area is 191 Å². The molecule has 8 heteroatoms. The van der Waals surface area contributed by atoms with E-state index >= 15 is 0 Å². The Kier molecular flexibility index (Phi) is 5.79. The van der Waals surface area contributed by atoms with Gasteiger partial charge in [0.25, 0.3) is 5.78 Å². The molecule has 0 aliphatic rings. The van der Waals surface area contributed by atoms with Crippen LogP contribution in [0, 0.1) is 0 Å². The second kappa shape index (κ2) is 9.35. The van der Waals surface area contributed by atoms with Gasteiger partial charge >= 0.3 is 0 Å². The monoisotopic (exact) mass is 437 g/mol. The third-order valence-electron chi connectivity index (χ3n) is 5.12. The Morgan fingerprint density at radius 1 is 0.758 bits per heavy atom. The highest BCUT2D eigenvalue weighted by Gasteiger charge is 2.14. The molecule has 5 aromatic rings. The van der Waals surface area contributed by atoms with Gasteiger partial charge in [-0.2, -0.15) is 19.5 Å². The van der Waals surface area contributed by atoms with E-state index in [1.165, 1.54) is 0 Å². The van der Waals surface area contributed by atoms with Crippen molar-refractivity contribution < 1.29 is 4.74 Å². The maximum Gasteiger partial charge on any atom is 0.259 e. The van der Waals surface area contributed by atoms with Gasteiger partial charge in [0.05, 0.1) is 7.11 Å². The molecule has 0 fully saturated rings. The normalized spacial score (nSPS) is 10.8. The summed E-state index contributed by atoms with van der Waals surface area (Å²) >= 11 is 0. The van der Waals surface area contributed by atoms with Crippen LogP contribution in [0.5, 0.6) is 5.75 Å². The van der Waals surface area contributed by atoms with Crippen LogP contribution in [0.15, 0.2) is 84.9 Å². The van der Waals surface area contributed by atoms with Crippen LogP contribution in [0.2, 0.25) is 0 Å². The van der Waals surface area contributed by atoms with E-state index in [1.54, 1.807) is 11.6 Å². The molecule has 2 heterocycles. The van der Waals surface area contributed by atoms with Gasteiger partial charge in [0.2, 0.25) is 11.9 Å². The Morgan fingerprint density at radius 3 is 2.15 bits per heavy atom. The van der Waals surface area contributed by atoms with Crippen LogP contribution in [0.25, 0.3) is 17.2 Å². The number of hydrogen-bond donors (Lipinski definition) is 2. The van der Waals surface area contributed by atoms with Crippen LogP contribution in [-0.4, -0.2) is 31.7 Å². The van der Waals surface area contributed by atoms with E-state index in [1.807, 2.05) is 60.7 Å². The number of ether oxygens (including phenoxy) is 1. The zero-order valence-corrected chi connectivity index (χ0v) is 18.1. The van der Waals surface area contributed by atoms with Crippen molar-refractivity contribution in [2.45, 2.75) is 13.1 Å². The predicted octanol–water partition coefficient (Wildman–Crippen LogP) is 4.42. The number of anilines is 2. The number of hydrogen-bond acceptors (Lipinski definition) is 7. The molecular weight excluding hydrogens is 414 g/mol. The fourth-order valence-electron chi connectivity index (χ4n) is 3.42. The lowest BCUT2D eigenvalue weighted by molar-refractivity contribution is 0.415. The van der Waals surface area contributed by atoms with E-state index in [4.69, 9.17) is 4.74 Å². The molecular formula is C25H23N7O. The molecule has 0 spiro atoms. The van der Waals surface area contributed by atoms with Crippen molar-refractivity contribution in [2.24, 2.45) is 0 Å². The average molecular weight is 438 g/mol. The first-order chi connectivity index (χ1) is 16.3. The van der Waals surface area contributed by atoms with Crippen LogP contribution in [0.3, 0.4) is 0 Å². The van der Waals surface area contributed by atoms with Gasteiger partial charge in [-0.1, -0.05) is 72.8 Å². The predicted molar refractivity (Wildman–Crippen MR) is 128 cm³/mol. The summed E-state index contributed by atoms with van der Waals surface area (Å²) in [6.07, 6.45) is 0. The van der Waals surface area contributed by atoms with E-state index in [2.05, 4.69) is 54.9 Å². The molecule has 0 bridgehead atoms. The van der Waals surface area contributed by atoms with Crippen molar-refractivity contribution in [1.29, 1.82) is 0 Å². The Bertz CT molecular complexity index is 1350. The fourth-order valence-corrected chi connectivity index (χ4v) is 3.42. The number of methoxy groups -OCH3 is 1. The quantitative estimate of drug-likeness (QED) is 0.371. The van der Waals surface area contributed by atoms with Gasteiger partial charge in [0, 0.05) is 18.7 Å². The van der Waals surface area contributed by atoms with Crippen molar-refractivity contribution in [2.75, 3.05) is 17.7 Å². The molecule has 164 valence electrons. The Balaban J connectivity index is 1.49. The summed E-state index contributed by atoms with van der Waals surface area (Å²) in [5.41, 5.74) is 3.11. The van der Waals surface area contributed by atoms with E-state index in [9.17, 15) is 0 Å². The molecule has 3 aromatic carbocycles. The molecule has 0 unspecified atom stereocenters.